The van der Waals surface area contributed by atoms with Gasteiger partial charge in [-0.3, -0.25) is 9.59 Å². The quantitative estimate of drug-likeness (QED) is 0.479. The van der Waals surface area contributed by atoms with Crippen LogP contribution in [0.5, 0.6) is 11.5 Å². The maximum Gasteiger partial charge on any atom is 0.306 e. The zero-order valence-corrected chi connectivity index (χ0v) is 16.7. The number of nitrogens with one attached hydrogen (secondary N) is 1. The summed E-state index contributed by atoms with van der Waals surface area (Å²) in [5.74, 6) is 0.640. The Morgan fingerprint density at radius 1 is 1.11 bits per heavy atom. The van der Waals surface area contributed by atoms with E-state index < -0.39 is 5.97 Å². The van der Waals surface area contributed by atoms with Gasteiger partial charge in [-0.2, -0.15) is 0 Å². The largest absolute Gasteiger partial charge is 0.497 e. The van der Waals surface area contributed by atoms with Crippen LogP contribution < -0.4 is 14.8 Å². The highest BCUT2D eigenvalue weighted by Gasteiger charge is 2.12. The minimum Gasteiger partial charge on any atom is -0.497 e. The maximum atomic E-state index is 11.9. The van der Waals surface area contributed by atoms with E-state index in [1.54, 1.807) is 43.5 Å². The number of hydrogen-bond acceptors (Lipinski definition) is 5. The maximum absolute atomic E-state index is 11.9. The number of amides is 1. The van der Waals surface area contributed by atoms with Crippen molar-refractivity contribution in [1.82, 2.24) is 5.32 Å². The molecule has 1 atom stereocenters. The number of esters is 1. The van der Waals surface area contributed by atoms with Crippen LogP contribution in [0.1, 0.15) is 31.4 Å². The molecular formula is C21H24ClNO5. The van der Waals surface area contributed by atoms with Crippen LogP contribution in [0.2, 0.25) is 5.02 Å². The summed E-state index contributed by atoms with van der Waals surface area (Å²) in [5.41, 5.74) is 0.878. The number of methoxy groups -OCH3 is 1. The molecule has 1 N–H and O–H groups in total. The Morgan fingerprint density at radius 3 is 2.50 bits per heavy atom. The van der Waals surface area contributed by atoms with Gasteiger partial charge in [-0.1, -0.05) is 23.7 Å². The van der Waals surface area contributed by atoms with Gasteiger partial charge < -0.3 is 19.5 Å². The lowest BCUT2D eigenvalue weighted by Crippen LogP contribution is -2.31. The van der Waals surface area contributed by atoms with E-state index in [1.807, 2.05) is 19.1 Å². The van der Waals surface area contributed by atoms with Gasteiger partial charge in [0.05, 0.1) is 19.8 Å². The lowest BCUT2D eigenvalue weighted by atomic mass is 10.1. The van der Waals surface area contributed by atoms with Crippen molar-refractivity contribution in [3.63, 3.8) is 0 Å². The molecule has 7 heteroatoms. The molecule has 0 spiro atoms. The van der Waals surface area contributed by atoms with Crippen LogP contribution in [0.4, 0.5) is 0 Å². The second kappa shape index (κ2) is 11.2. The Hall–Kier alpha value is -2.73. The molecule has 0 radical (unpaired) electrons. The molecule has 150 valence electrons. The molecule has 0 fully saturated rings. The Morgan fingerprint density at radius 2 is 1.82 bits per heavy atom. The third kappa shape index (κ3) is 7.48. The van der Waals surface area contributed by atoms with Crippen molar-refractivity contribution in [3.8, 4) is 11.5 Å². The van der Waals surface area contributed by atoms with E-state index in [4.69, 9.17) is 25.8 Å². The van der Waals surface area contributed by atoms with Gasteiger partial charge in [0.1, 0.15) is 11.5 Å². The number of rotatable bonds is 10. The summed E-state index contributed by atoms with van der Waals surface area (Å²) < 4.78 is 15.6. The molecule has 0 aliphatic heterocycles. The second-order valence-corrected chi connectivity index (χ2v) is 6.57. The van der Waals surface area contributed by atoms with Crippen LogP contribution in [-0.2, 0) is 14.3 Å². The molecule has 0 saturated carbocycles. The van der Waals surface area contributed by atoms with Crippen molar-refractivity contribution < 1.29 is 23.8 Å². The summed E-state index contributed by atoms with van der Waals surface area (Å²) in [7, 11) is 1.60. The summed E-state index contributed by atoms with van der Waals surface area (Å²) in [5, 5.41) is 3.37. The first-order valence-electron chi connectivity index (χ1n) is 8.95. The average molecular weight is 406 g/mol. The molecular weight excluding hydrogens is 382 g/mol. The Balaban J connectivity index is 1.61. The molecule has 0 heterocycles. The summed E-state index contributed by atoms with van der Waals surface area (Å²) in [6.45, 7) is 1.89. The van der Waals surface area contributed by atoms with E-state index in [9.17, 15) is 9.59 Å². The smallest absolute Gasteiger partial charge is 0.306 e. The third-order valence-corrected chi connectivity index (χ3v) is 4.18. The predicted molar refractivity (Wildman–Crippen MR) is 107 cm³/mol. The summed E-state index contributed by atoms with van der Waals surface area (Å²) >= 11 is 5.94. The second-order valence-electron chi connectivity index (χ2n) is 6.13. The summed E-state index contributed by atoms with van der Waals surface area (Å²) in [4.78, 5) is 23.7. The van der Waals surface area contributed by atoms with Gasteiger partial charge in [-0.25, -0.2) is 0 Å². The Labute approximate surface area is 169 Å². The highest BCUT2D eigenvalue weighted by Crippen LogP contribution is 2.18. The number of hydrogen-bond donors (Lipinski definition) is 1. The van der Waals surface area contributed by atoms with Crippen LogP contribution >= 0.6 is 11.6 Å². The zero-order valence-electron chi connectivity index (χ0n) is 15.9. The molecule has 1 amide bonds. The highest BCUT2D eigenvalue weighted by molar-refractivity contribution is 6.30. The molecule has 2 aromatic rings. The number of carbonyl (C=O) groups excluding carboxylic acids is 2. The van der Waals surface area contributed by atoms with E-state index in [0.29, 0.717) is 23.8 Å². The lowest BCUT2D eigenvalue weighted by Gasteiger charge is -2.14. The van der Waals surface area contributed by atoms with E-state index in [0.717, 1.165) is 11.3 Å². The summed E-state index contributed by atoms with van der Waals surface area (Å²) in [6, 6.07) is 14.2. The molecule has 2 aromatic carbocycles. The van der Waals surface area contributed by atoms with Crippen LogP contribution in [0.3, 0.4) is 0 Å². The fraction of sp³-hybridized carbons (Fsp3) is 0.333. The fourth-order valence-electron chi connectivity index (χ4n) is 2.44. The van der Waals surface area contributed by atoms with Crippen LogP contribution in [0, 0.1) is 0 Å². The zero-order chi connectivity index (χ0) is 20.4. The normalized spacial score (nSPS) is 11.4. The molecule has 0 aliphatic rings. The predicted octanol–water partition coefficient (Wildman–Crippen LogP) is 3.93. The van der Waals surface area contributed by atoms with Crippen molar-refractivity contribution in [2.24, 2.45) is 0 Å². The van der Waals surface area contributed by atoms with Gasteiger partial charge in [-0.15, -0.1) is 0 Å². The number of carbonyl (C=O) groups is 2. The molecule has 28 heavy (non-hydrogen) atoms. The Kier molecular flexibility index (Phi) is 8.62. The Bertz CT molecular complexity index is 779. The van der Waals surface area contributed by atoms with E-state index in [2.05, 4.69) is 5.32 Å². The molecule has 6 nitrogen and oxygen atoms in total. The van der Waals surface area contributed by atoms with Crippen LogP contribution in [0.15, 0.2) is 48.5 Å². The standard InChI is InChI=1S/C21H24ClNO5/c1-15(16-5-3-6-17(22)13-16)23-20(24)14-28-21(25)7-4-12-27-19-10-8-18(26-2)9-11-19/h3,5-6,8-11,13,15H,4,7,12,14H2,1-2H3,(H,23,24)/t15-/m0/s1. The van der Waals surface area contributed by atoms with E-state index in [1.165, 1.54) is 0 Å². The molecule has 0 saturated heterocycles. The molecule has 0 aromatic heterocycles. The first-order valence-corrected chi connectivity index (χ1v) is 9.33. The fourth-order valence-corrected chi connectivity index (χ4v) is 2.64. The summed E-state index contributed by atoms with van der Waals surface area (Å²) in [6.07, 6.45) is 0.665. The minimum absolute atomic E-state index is 0.174. The van der Waals surface area contributed by atoms with Crippen molar-refractivity contribution in [2.45, 2.75) is 25.8 Å². The number of benzene rings is 2. The first-order chi connectivity index (χ1) is 13.5. The van der Waals surface area contributed by atoms with Crippen LogP contribution in [0.25, 0.3) is 0 Å². The van der Waals surface area contributed by atoms with Gasteiger partial charge in [0.25, 0.3) is 5.91 Å². The van der Waals surface area contributed by atoms with E-state index >= 15 is 0 Å². The van der Waals surface area contributed by atoms with E-state index in [-0.39, 0.29) is 25.0 Å². The van der Waals surface area contributed by atoms with Gasteiger partial charge >= 0.3 is 5.97 Å². The molecule has 0 unspecified atom stereocenters. The van der Waals surface area contributed by atoms with Crippen molar-refractivity contribution in [1.29, 1.82) is 0 Å². The van der Waals surface area contributed by atoms with Gasteiger partial charge in [0.2, 0.25) is 0 Å². The van der Waals surface area contributed by atoms with Crippen molar-refractivity contribution >= 4 is 23.5 Å². The van der Waals surface area contributed by atoms with Gasteiger partial charge in [0, 0.05) is 11.4 Å². The highest BCUT2D eigenvalue weighted by atomic mass is 35.5. The number of halogens is 1. The van der Waals surface area contributed by atoms with Crippen molar-refractivity contribution in [2.75, 3.05) is 20.3 Å². The van der Waals surface area contributed by atoms with Gasteiger partial charge in [-0.05, 0) is 55.3 Å². The monoisotopic (exact) mass is 405 g/mol. The number of ether oxygens (including phenoxy) is 3. The minimum atomic E-state index is -0.441. The molecule has 2 rings (SSSR count). The first kappa shape index (κ1) is 21.6. The van der Waals surface area contributed by atoms with Gasteiger partial charge in [0.15, 0.2) is 6.61 Å². The average Bonchev–Trinajstić information content (AvgIpc) is 2.70. The van der Waals surface area contributed by atoms with Crippen molar-refractivity contribution in [3.05, 3.63) is 59.1 Å². The molecule has 0 bridgehead atoms. The third-order valence-electron chi connectivity index (χ3n) is 3.94. The van der Waals surface area contributed by atoms with Crippen LogP contribution in [-0.4, -0.2) is 32.2 Å². The SMILES string of the molecule is COc1ccc(OCCCC(=O)OCC(=O)N[C@@H](C)c2cccc(Cl)c2)cc1. The lowest BCUT2D eigenvalue weighted by molar-refractivity contribution is -0.148. The topological polar surface area (TPSA) is 73.9 Å². The molecule has 0 aliphatic carbocycles.